The molecule has 8 heteroatoms. The second-order valence-corrected chi connectivity index (χ2v) is 6.36. The highest BCUT2D eigenvalue weighted by molar-refractivity contribution is 6.09. The van der Waals surface area contributed by atoms with Crippen molar-refractivity contribution in [1.29, 1.82) is 5.26 Å². The number of aromatic nitrogens is 3. The van der Waals surface area contributed by atoms with E-state index in [2.05, 4.69) is 21.0 Å². The van der Waals surface area contributed by atoms with Crippen LogP contribution < -0.4 is 14.4 Å². The average molecular weight is 417 g/mol. The number of hydrogen-bond acceptors (Lipinski definition) is 7. The highest BCUT2D eigenvalue weighted by Crippen LogP contribution is 2.32. The predicted octanol–water partition coefficient (Wildman–Crippen LogP) is 3.81. The Hall–Kier alpha value is -3.99. The molecular formula is C23H23N5O3. The Bertz CT molecular complexity index is 1140. The van der Waals surface area contributed by atoms with Gasteiger partial charge in [-0.15, -0.1) is 0 Å². The number of anilines is 1. The highest BCUT2D eigenvalue weighted by Gasteiger charge is 2.30. The number of fused-ring (bicyclic) bond motifs is 1. The standard InChI is InChI=1S/C21H17N5O3.C2H6/c1-28-19-9-13(11-24-20(19)29-2)17-4-3-16-18(25-17)12-26(21(16)27)15-6-8-23-14(10-15)5-7-22;1-2/h3-4,6,8-11H,5,12H2,1-2H3;1-2H3. The molecule has 0 atom stereocenters. The van der Waals surface area contributed by atoms with Crippen LogP contribution in [0.15, 0.2) is 42.7 Å². The van der Waals surface area contributed by atoms with Gasteiger partial charge in [-0.2, -0.15) is 5.26 Å². The van der Waals surface area contributed by atoms with Crippen molar-refractivity contribution in [2.24, 2.45) is 0 Å². The number of pyridine rings is 3. The Kier molecular flexibility index (Phi) is 6.78. The topological polar surface area (TPSA) is 101 Å². The van der Waals surface area contributed by atoms with Crippen LogP contribution in [0.2, 0.25) is 0 Å². The summed E-state index contributed by atoms with van der Waals surface area (Å²) in [7, 11) is 3.07. The summed E-state index contributed by atoms with van der Waals surface area (Å²) in [4.78, 5) is 27.6. The molecule has 0 radical (unpaired) electrons. The second-order valence-electron chi connectivity index (χ2n) is 6.36. The maximum absolute atomic E-state index is 12.8. The summed E-state index contributed by atoms with van der Waals surface area (Å²) in [6.07, 6.45) is 3.45. The smallest absolute Gasteiger partial charge is 0.260 e. The highest BCUT2D eigenvalue weighted by atomic mass is 16.5. The van der Waals surface area contributed by atoms with E-state index in [0.29, 0.717) is 46.5 Å². The van der Waals surface area contributed by atoms with Crippen LogP contribution >= 0.6 is 0 Å². The molecule has 0 aliphatic carbocycles. The predicted molar refractivity (Wildman–Crippen MR) is 116 cm³/mol. The Morgan fingerprint density at radius 3 is 2.65 bits per heavy atom. The van der Waals surface area contributed by atoms with E-state index in [1.165, 1.54) is 7.11 Å². The zero-order chi connectivity index (χ0) is 22.4. The Balaban J connectivity index is 0.00000132. The third kappa shape index (κ3) is 4.31. The molecule has 158 valence electrons. The van der Waals surface area contributed by atoms with Gasteiger partial charge >= 0.3 is 0 Å². The third-order valence-corrected chi connectivity index (χ3v) is 4.66. The SMILES string of the molecule is CC.COc1cc(-c2ccc3c(n2)CN(c2ccnc(CC#N)c2)C3=O)cnc1OC. The monoisotopic (exact) mass is 417 g/mol. The largest absolute Gasteiger partial charge is 0.491 e. The molecule has 8 nitrogen and oxygen atoms in total. The molecule has 31 heavy (non-hydrogen) atoms. The first-order valence-electron chi connectivity index (χ1n) is 9.86. The first-order valence-corrected chi connectivity index (χ1v) is 9.86. The molecule has 0 bridgehead atoms. The maximum Gasteiger partial charge on any atom is 0.260 e. The molecule has 1 amide bonds. The molecule has 3 aromatic rings. The van der Waals surface area contributed by atoms with E-state index in [1.54, 1.807) is 54.7 Å². The van der Waals surface area contributed by atoms with Crippen LogP contribution in [0.1, 0.15) is 35.6 Å². The van der Waals surface area contributed by atoms with Crippen molar-refractivity contribution in [3.8, 4) is 29.0 Å². The lowest BCUT2D eigenvalue weighted by Gasteiger charge is -2.15. The molecule has 1 aliphatic heterocycles. The van der Waals surface area contributed by atoms with E-state index in [1.807, 2.05) is 13.8 Å². The molecular weight excluding hydrogens is 394 g/mol. The molecule has 0 N–H and O–H groups in total. The van der Waals surface area contributed by atoms with Crippen LogP contribution in [0.3, 0.4) is 0 Å². The van der Waals surface area contributed by atoms with Crippen LogP contribution in [0, 0.1) is 11.3 Å². The van der Waals surface area contributed by atoms with Gasteiger partial charge in [-0.1, -0.05) is 13.8 Å². The van der Waals surface area contributed by atoms with E-state index in [0.717, 1.165) is 5.56 Å². The Morgan fingerprint density at radius 1 is 1.13 bits per heavy atom. The Morgan fingerprint density at radius 2 is 1.94 bits per heavy atom. The number of methoxy groups -OCH3 is 2. The molecule has 1 aliphatic rings. The van der Waals surface area contributed by atoms with Crippen LogP contribution in [0.5, 0.6) is 11.6 Å². The van der Waals surface area contributed by atoms with Crippen LogP contribution in [-0.4, -0.2) is 35.1 Å². The fourth-order valence-electron chi connectivity index (χ4n) is 3.24. The van der Waals surface area contributed by atoms with Crippen LogP contribution in [0.4, 0.5) is 5.69 Å². The molecule has 0 saturated heterocycles. The van der Waals surface area contributed by atoms with Crippen molar-refractivity contribution in [3.05, 3.63) is 59.7 Å². The molecule has 4 rings (SSSR count). The average Bonchev–Trinajstić information content (AvgIpc) is 3.16. The molecule has 4 heterocycles. The fraction of sp³-hybridized carbons (Fsp3) is 0.261. The minimum atomic E-state index is -0.126. The van der Waals surface area contributed by atoms with Crippen LogP contribution in [-0.2, 0) is 13.0 Å². The van der Waals surface area contributed by atoms with Crippen molar-refractivity contribution in [2.45, 2.75) is 26.8 Å². The zero-order valence-corrected chi connectivity index (χ0v) is 17.9. The van der Waals surface area contributed by atoms with Gasteiger partial charge in [0.15, 0.2) is 5.75 Å². The van der Waals surface area contributed by atoms with Gasteiger partial charge in [0.1, 0.15) is 0 Å². The third-order valence-electron chi connectivity index (χ3n) is 4.66. The van der Waals surface area contributed by atoms with Crippen molar-refractivity contribution in [3.63, 3.8) is 0 Å². The number of amides is 1. The number of nitriles is 1. The zero-order valence-electron chi connectivity index (χ0n) is 17.9. The number of hydrogen-bond donors (Lipinski definition) is 0. The lowest BCUT2D eigenvalue weighted by Crippen LogP contribution is -2.23. The van der Waals surface area contributed by atoms with Gasteiger partial charge in [0.05, 0.1) is 55.9 Å². The van der Waals surface area contributed by atoms with Crippen molar-refractivity contribution in [1.82, 2.24) is 15.0 Å². The molecule has 0 fully saturated rings. The number of rotatable bonds is 5. The first kappa shape index (κ1) is 21.7. The van der Waals surface area contributed by atoms with Gasteiger partial charge < -0.3 is 14.4 Å². The van der Waals surface area contributed by atoms with Crippen molar-refractivity contribution >= 4 is 11.6 Å². The molecule has 0 unspecified atom stereocenters. The van der Waals surface area contributed by atoms with Crippen LogP contribution in [0.25, 0.3) is 11.3 Å². The van der Waals surface area contributed by atoms with Gasteiger partial charge in [-0.3, -0.25) is 14.8 Å². The minimum absolute atomic E-state index is 0.126. The quantitative estimate of drug-likeness (QED) is 0.622. The maximum atomic E-state index is 12.8. The van der Waals surface area contributed by atoms with E-state index in [9.17, 15) is 4.79 Å². The van der Waals surface area contributed by atoms with E-state index in [4.69, 9.17) is 14.7 Å². The molecule has 0 saturated carbocycles. The number of carbonyl (C=O) groups excluding carboxylic acids is 1. The lowest BCUT2D eigenvalue weighted by atomic mass is 10.1. The van der Waals surface area contributed by atoms with Gasteiger partial charge in [-0.25, -0.2) is 4.98 Å². The van der Waals surface area contributed by atoms with Gasteiger partial charge in [0.25, 0.3) is 11.8 Å². The van der Waals surface area contributed by atoms with Crippen molar-refractivity contribution < 1.29 is 14.3 Å². The summed E-state index contributed by atoms with van der Waals surface area (Å²) in [6, 6.07) is 10.9. The Labute approximate surface area is 181 Å². The second kappa shape index (κ2) is 9.67. The lowest BCUT2D eigenvalue weighted by molar-refractivity contribution is 0.0996. The number of nitrogens with zero attached hydrogens (tertiary/aromatic N) is 5. The normalized spacial score (nSPS) is 11.8. The van der Waals surface area contributed by atoms with Gasteiger partial charge in [0, 0.05) is 23.6 Å². The summed E-state index contributed by atoms with van der Waals surface area (Å²) in [5.74, 6) is 0.773. The summed E-state index contributed by atoms with van der Waals surface area (Å²) in [6.45, 7) is 4.35. The summed E-state index contributed by atoms with van der Waals surface area (Å²) in [5.41, 5.74) is 4.01. The van der Waals surface area contributed by atoms with E-state index < -0.39 is 0 Å². The van der Waals surface area contributed by atoms with Gasteiger partial charge in [-0.05, 0) is 30.3 Å². The summed E-state index contributed by atoms with van der Waals surface area (Å²) in [5, 5.41) is 8.88. The van der Waals surface area contributed by atoms with Gasteiger partial charge in [0.2, 0.25) is 0 Å². The minimum Gasteiger partial charge on any atom is -0.491 e. The molecule has 3 aromatic heterocycles. The van der Waals surface area contributed by atoms with Crippen molar-refractivity contribution in [2.75, 3.05) is 19.1 Å². The van der Waals surface area contributed by atoms with E-state index >= 15 is 0 Å². The summed E-state index contributed by atoms with van der Waals surface area (Å²) < 4.78 is 10.5. The first-order chi connectivity index (χ1) is 15.1. The van der Waals surface area contributed by atoms with E-state index in [-0.39, 0.29) is 12.3 Å². The number of carbonyl (C=O) groups is 1. The number of ether oxygens (including phenoxy) is 2. The summed E-state index contributed by atoms with van der Waals surface area (Å²) >= 11 is 0. The fourth-order valence-corrected chi connectivity index (χ4v) is 3.24. The molecule has 0 aromatic carbocycles. The molecule has 0 spiro atoms.